The largest absolute Gasteiger partial charge is 0.385 e. The maximum Gasteiger partial charge on any atom is 0.0462 e. The maximum atomic E-state index is 5.67. The molecule has 0 amide bonds. The summed E-state index contributed by atoms with van der Waals surface area (Å²) in [6.45, 7) is 6.99. The number of hydrogen-bond donors (Lipinski definition) is 1. The van der Waals surface area contributed by atoms with Crippen molar-refractivity contribution in [1.29, 1.82) is 0 Å². The van der Waals surface area contributed by atoms with Crippen molar-refractivity contribution in [1.82, 2.24) is 4.90 Å². The van der Waals surface area contributed by atoms with Crippen molar-refractivity contribution >= 4 is 0 Å². The quantitative estimate of drug-likeness (QED) is 0.608. The van der Waals surface area contributed by atoms with Crippen LogP contribution in [0, 0.1) is 0 Å². The van der Waals surface area contributed by atoms with E-state index in [-0.39, 0.29) is 5.54 Å². The molecular weight excluding hydrogens is 164 g/mol. The summed E-state index contributed by atoms with van der Waals surface area (Å²) in [5, 5.41) is 0. The van der Waals surface area contributed by atoms with Crippen molar-refractivity contribution in [2.75, 3.05) is 33.9 Å². The second-order valence-electron chi connectivity index (χ2n) is 4.14. The van der Waals surface area contributed by atoms with Gasteiger partial charge in [0.25, 0.3) is 0 Å². The number of hydrogen-bond acceptors (Lipinski definition) is 3. The minimum atomic E-state index is 0.118. The Kier molecular flexibility index (Phi) is 6.29. The second kappa shape index (κ2) is 6.35. The van der Waals surface area contributed by atoms with Crippen molar-refractivity contribution in [3.8, 4) is 0 Å². The Labute approximate surface area is 82.2 Å². The Bertz CT molecular complexity index is 126. The third kappa shape index (κ3) is 5.24. The molecule has 0 fully saturated rings. The minimum Gasteiger partial charge on any atom is -0.385 e. The fourth-order valence-corrected chi connectivity index (χ4v) is 1.05. The Morgan fingerprint density at radius 2 is 1.92 bits per heavy atom. The van der Waals surface area contributed by atoms with Gasteiger partial charge in [-0.05, 0) is 40.3 Å². The van der Waals surface area contributed by atoms with Gasteiger partial charge in [-0.3, -0.25) is 4.90 Å². The topological polar surface area (TPSA) is 38.5 Å². The summed E-state index contributed by atoms with van der Waals surface area (Å²) in [4.78, 5) is 2.31. The summed E-state index contributed by atoms with van der Waals surface area (Å²) in [7, 11) is 3.87. The highest BCUT2D eigenvalue weighted by molar-refractivity contribution is 4.79. The Balaban J connectivity index is 3.55. The van der Waals surface area contributed by atoms with Crippen LogP contribution < -0.4 is 5.73 Å². The first kappa shape index (κ1) is 12.9. The van der Waals surface area contributed by atoms with E-state index in [0.717, 1.165) is 19.6 Å². The molecule has 0 saturated heterocycles. The van der Waals surface area contributed by atoms with Crippen molar-refractivity contribution in [3.05, 3.63) is 0 Å². The van der Waals surface area contributed by atoms with Crippen molar-refractivity contribution in [2.45, 2.75) is 32.2 Å². The van der Waals surface area contributed by atoms with Gasteiger partial charge in [-0.15, -0.1) is 0 Å². The van der Waals surface area contributed by atoms with E-state index in [0.29, 0.717) is 6.54 Å². The number of nitrogens with zero attached hydrogens (tertiary/aromatic N) is 1. The van der Waals surface area contributed by atoms with Crippen LogP contribution in [0.3, 0.4) is 0 Å². The normalized spacial score (nSPS) is 12.5. The van der Waals surface area contributed by atoms with Gasteiger partial charge in [0, 0.05) is 25.8 Å². The average molecular weight is 188 g/mol. The standard InChI is InChI=1S/C10H24N2O/c1-10(2,9-11)12(3)7-5-6-8-13-4/h5-9,11H2,1-4H3. The summed E-state index contributed by atoms with van der Waals surface area (Å²) in [5.74, 6) is 0. The molecule has 2 N–H and O–H groups in total. The number of ether oxygens (including phenoxy) is 1. The molecule has 80 valence electrons. The molecule has 3 heteroatoms. The molecule has 0 rings (SSSR count). The summed E-state index contributed by atoms with van der Waals surface area (Å²) >= 11 is 0. The van der Waals surface area contributed by atoms with E-state index in [1.807, 2.05) is 0 Å². The first-order chi connectivity index (χ1) is 6.04. The molecule has 0 aromatic carbocycles. The van der Waals surface area contributed by atoms with Gasteiger partial charge in [-0.1, -0.05) is 0 Å². The van der Waals surface area contributed by atoms with Gasteiger partial charge in [-0.2, -0.15) is 0 Å². The van der Waals surface area contributed by atoms with Gasteiger partial charge < -0.3 is 10.5 Å². The third-order valence-corrected chi connectivity index (χ3v) is 2.62. The van der Waals surface area contributed by atoms with Gasteiger partial charge in [0.2, 0.25) is 0 Å². The molecule has 0 aliphatic carbocycles. The van der Waals surface area contributed by atoms with Crippen LogP contribution in [0.25, 0.3) is 0 Å². The first-order valence-electron chi connectivity index (χ1n) is 4.95. The lowest BCUT2D eigenvalue weighted by Gasteiger charge is -2.34. The van der Waals surface area contributed by atoms with E-state index in [9.17, 15) is 0 Å². The lowest BCUT2D eigenvalue weighted by molar-refractivity contribution is 0.147. The molecule has 0 spiro atoms. The molecule has 0 unspecified atom stereocenters. The summed E-state index contributed by atoms with van der Waals surface area (Å²) in [5.41, 5.74) is 5.79. The van der Waals surface area contributed by atoms with E-state index in [1.54, 1.807) is 7.11 Å². The van der Waals surface area contributed by atoms with E-state index in [4.69, 9.17) is 10.5 Å². The predicted octanol–water partition coefficient (Wildman–Crippen LogP) is 1.08. The Morgan fingerprint density at radius 3 is 2.38 bits per heavy atom. The van der Waals surface area contributed by atoms with Crippen LogP contribution in [0.2, 0.25) is 0 Å². The first-order valence-corrected chi connectivity index (χ1v) is 4.95. The fraction of sp³-hybridized carbons (Fsp3) is 1.00. The van der Waals surface area contributed by atoms with Crippen LogP contribution in [0.5, 0.6) is 0 Å². The molecule has 0 aliphatic heterocycles. The van der Waals surface area contributed by atoms with Crippen molar-refractivity contribution < 1.29 is 4.74 Å². The number of rotatable bonds is 7. The Morgan fingerprint density at radius 1 is 1.31 bits per heavy atom. The molecule has 0 aromatic heterocycles. The van der Waals surface area contributed by atoms with Crippen molar-refractivity contribution in [3.63, 3.8) is 0 Å². The van der Waals surface area contributed by atoms with Gasteiger partial charge in [0.1, 0.15) is 0 Å². The highest BCUT2D eigenvalue weighted by Crippen LogP contribution is 2.10. The lowest BCUT2D eigenvalue weighted by Crippen LogP contribution is -2.47. The highest BCUT2D eigenvalue weighted by Gasteiger charge is 2.20. The maximum absolute atomic E-state index is 5.67. The van der Waals surface area contributed by atoms with E-state index in [2.05, 4.69) is 25.8 Å². The number of likely N-dealkylation sites (N-methyl/N-ethyl adjacent to an activating group) is 1. The summed E-state index contributed by atoms with van der Waals surface area (Å²) in [6, 6.07) is 0. The summed E-state index contributed by atoms with van der Waals surface area (Å²) < 4.78 is 4.99. The zero-order valence-electron chi connectivity index (χ0n) is 9.47. The number of unbranched alkanes of at least 4 members (excludes halogenated alkanes) is 1. The molecule has 0 atom stereocenters. The van der Waals surface area contributed by atoms with E-state index < -0.39 is 0 Å². The highest BCUT2D eigenvalue weighted by atomic mass is 16.5. The SMILES string of the molecule is COCCCCN(C)C(C)(C)CN. The zero-order valence-corrected chi connectivity index (χ0v) is 9.47. The molecule has 0 saturated carbocycles. The molecule has 13 heavy (non-hydrogen) atoms. The van der Waals surface area contributed by atoms with Gasteiger partial charge in [0.15, 0.2) is 0 Å². The lowest BCUT2D eigenvalue weighted by atomic mass is 10.0. The third-order valence-electron chi connectivity index (χ3n) is 2.62. The molecule has 0 aliphatic rings. The van der Waals surface area contributed by atoms with Crippen molar-refractivity contribution in [2.24, 2.45) is 5.73 Å². The van der Waals surface area contributed by atoms with Crippen LogP contribution in [-0.4, -0.2) is 44.3 Å². The van der Waals surface area contributed by atoms with Crippen LogP contribution >= 0.6 is 0 Å². The van der Waals surface area contributed by atoms with E-state index >= 15 is 0 Å². The number of methoxy groups -OCH3 is 1. The molecule has 0 heterocycles. The predicted molar refractivity (Wildman–Crippen MR) is 56.9 cm³/mol. The van der Waals surface area contributed by atoms with Crippen LogP contribution in [-0.2, 0) is 4.74 Å². The molecular formula is C10H24N2O. The molecule has 0 aromatic rings. The Hall–Kier alpha value is -0.120. The monoisotopic (exact) mass is 188 g/mol. The second-order valence-corrected chi connectivity index (χ2v) is 4.14. The zero-order chi connectivity index (χ0) is 10.3. The smallest absolute Gasteiger partial charge is 0.0462 e. The van der Waals surface area contributed by atoms with Crippen LogP contribution in [0.4, 0.5) is 0 Å². The van der Waals surface area contributed by atoms with Crippen LogP contribution in [0.15, 0.2) is 0 Å². The molecule has 0 bridgehead atoms. The average Bonchev–Trinajstić information content (AvgIpc) is 2.12. The van der Waals surface area contributed by atoms with Gasteiger partial charge >= 0.3 is 0 Å². The van der Waals surface area contributed by atoms with Gasteiger partial charge in [-0.25, -0.2) is 0 Å². The van der Waals surface area contributed by atoms with Crippen LogP contribution in [0.1, 0.15) is 26.7 Å². The molecule has 0 radical (unpaired) electrons. The number of nitrogens with two attached hydrogens (primary N) is 1. The minimum absolute atomic E-state index is 0.118. The summed E-state index contributed by atoms with van der Waals surface area (Å²) in [6.07, 6.45) is 2.30. The van der Waals surface area contributed by atoms with Gasteiger partial charge in [0.05, 0.1) is 0 Å². The fourth-order valence-electron chi connectivity index (χ4n) is 1.05. The van der Waals surface area contributed by atoms with E-state index in [1.165, 1.54) is 6.42 Å². The molecule has 3 nitrogen and oxygen atoms in total.